The van der Waals surface area contributed by atoms with Gasteiger partial charge in [-0.15, -0.1) is 0 Å². The first kappa shape index (κ1) is 15.6. The van der Waals surface area contributed by atoms with Crippen LogP contribution in [-0.2, 0) is 12.8 Å². The highest BCUT2D eigenvalue weighted by atomic mass is 19.1. The van der Waals surface area contributed by atoms with Gasteiger partial charge in [-0.05, 0) is 49.9 Å². The van der Waals surface area contributed by atoms with Gasteiger partial charge in [0.25, 0.3) is 0 Å². The summed E-state index contributed by atoms with van der Waals surface area (Å²) < 4.78 is 26.4. The summed E-state index contributed by atoms with van der Waals surface area (Å²) in [6.45, 7) is 4.09. The monoisotopic (exact) mass is 290 g/mol. The molecule has 0 radical (unpaired) electrons. The Morgan fingerprint density at radius 3 is 1.81 bits per heavy atom. The number of hydrogen-bond acceptors (Lipinski definition) is 2. The second-order valence-electron chi connectivity index (χ2n) is 5.55. The predicted octanol–water partition coefficient (Wildman–Crippen LogP) is 3.20. The van der Waals surface area contributed by atoms with Crippen LogP contribution in [0.5, 0.6) is 0 Å². The average Bonchev–Trinajstić information content (AvgIpc) is 2.35. The number of nitrogens with two attached hydrogens (primary N) is 1. The SMILES string of the molecule is Cc1cc(C)cc(CC(Cc2cc(F)cc(F)c2)NN)c1. The molecule has 0 aliphatic rings. The van der Waals surface area contributed by atoms with E-state index in [-0.39, 0.29) is 6.04 Å². The third-order valence-electron chi connectivity index (χ3n) is 3.40. The summed E-state index contributed by atoms with van der Waals surface area (Å²) >= 11 is 0. The minimum atomic E-state index is -0.563. The first-order chi connectivity index (χ1) is 9.96. The van der Waals surface area contributed by atoms with Crippen LogP contribution in [0.2, 0.25) is 0 Å². The fraction of sp³-hybridized carbons (Fsp3) is 0.294. The molecule has 0 aliphatic heterocycles. The van der Waals surface area contributed by atoms with Gasteiger partial charge in [0.2, 0.25) is 0 Å². The summed E-state index contributed by atoms with van der Waals surface area (Å²) in [5, 5.41) is 0. The van der Waals surface area contributed by atoms with E-state index in [9.17, 15) is 8.78 Å². The van der Waals surface area contributed by atoms with Gasteiger partial charge >= 0.3 is 0 Å². The Morgan fingerprint density at radius 2 is 1.33 bits per heavy atom. The molecule has 2 aromatic carbocycles. The van der Waals surface area contributed by atoms with E-state index in [2.05, 4.69) is 23.6 Å². The summed E-state index contributed by atoms with van der Waals surface area (Å²) in [5.41, 5.74) is 6.87. The van der Waals surface area contributed by atoms with E-state index >= 15 is 0 Å². The van der Waals surface area contributed by atoms with Gasteiger partial charge < -0.3 is 0 Å². The van der Waals surface area contributed by atoms with Gasteiger partial charge in [0.15, 0.2) is 0 Å². The van der Waals surface area contributed by atoms with Crippen LogP contribution in [0.25, 0.3) is 0 Å². The van der Waals surface area contributed by atoms with E-state index in [4.69, 9.17) is 5.84 Å². The fourth-order valence-corrected chi connectivity index (χ4v) is 2.67. The second-order valence-corrected chi connectivity index (χ2v) is 5.55. The molecule has 1 unspecified atom stereocenters. The maximum Gasteiger partial charge on any atom is 0.126 e. The first-order valence-electron chi connectivity index (χ1n) is 6.94. The van der Waals surface area contributed by atoms with Gasteiger partial charge in [-0.1, -0.05) is 29.3 Å². The van der Waals surface area contributed by atoms with Gasteiger partial charge in [0.1, 0.15) is 11.6 Å². The molecular weight excluding hydrogens is 270 g/mol. The molecule has 2 aromatic rings. The molecule has 2 rings (SSSR count). The largest absolute Gasteiger partial charge is 0.271 e. The van der Waals surface area contributed by atoms with Crippen molar-refractivity contribution >= 4 is 0 Å². The Balaban J connectivity index is 2.12. The molecule has 4 heteroatoms. The summed E-state index contributed by atoms with van der Waals surface area (Å²) in [6.07, 6.45) is 1.18. The molecule has 0 spiro atoms. The van der Waals surface area contributed by atoms with Crippen LogP contribution in [0, 0.1) is 25.5 Å². The maximum absolute atomic E-state index is 13.2. The zero-order valence-electron chi connectivity index (χ0n) is 12.3. The zero-order valence-corrected chi connectivity index (χ0v) is 12.3. The highest BCUT2D eigenvalue weighted by molar-refractivity contribution is 5.29. The Bertz CT molecular complexity index is 532. The minimum Gasteiger partial charge on any atom is -0.271 e. The zero-order chi connectivity index (χ0) is 15.4. The fourth-order valence-electron chi connectivity index (χ4n) is 2.67. The first-order valence-corrected chi connectivity index (χ1v) is 6.94. The van der Waals surface area contributed by atoms with Crippen molar-refractivity contribution in [2.24, 2.45) is 5.84 Å². The lowest BCUT2D eigenvalue weighted by atomic mass is 9.97. The van der Waals surface area contributed by atoms with E-state index in [1.807, 2.05) is 13.8 Å². The van der Waals surface area contributed by atoms with Crippen LogP contribution in [0.3, 0.4) is 0 Å². The van der Waals surface area contributed by atoms with E-state index < -0.39 is 11.6 Å². The molecule has 0 saturated carbocycles. The van der Waals surface area contributed by atoms with Crippen LogP contribution < -0.4 is 11.3 Å². The van der Waals surface area contributed by atoms with Crippen molar-refractivity contribution in [3.05, 3.63) is 70.3 Å². The van der Waals surface area contributed by atoms with Crippen LogP contribution in [-0.4, -0.2) is 6.04 Å². The van der Waals surface area contributed by atoms with Crippen molar-refractivity contribution in [3.63, 3.8) is 0 Å². The van der Waals surface area contributed by atoms with Crippen molar-refractivity contribution in [3.8, 4) is 0 Å². The molecule has 3 N–H and O–H groups in total. The third-order valence-corrected chi connectivity index (χ3v) is 3.40. The van der Waals surface area contributed by atoms with E-state index in [1.54, 1.807) is 0 Å². The van der Waals surface area contributed by atoms with Gasteiger partial charge in [-0.25, -0.2) is 8.78 Å². The summed E-state index contributed by atoms with van der Waals surface area (Å²) in [4.78, 5) is 0. The Hall–Kier alpha value is -1.78. The molecule has 0 fully saturated rings. The van der Waals surface area contributed by atoms with Gasteiger partial charge in [-0.3, -0.25) is 11.3 Å². The van der Waals surface area contributed by atoms with Gasteiger partial charge in [-0.2, -0.15) is 0 Å². The molecule has 0 amide bonds. The highest BCUT2D eigenvalue weighted by Gasteiger charge is 2.11. The summed E-state index contributed by atoms with van der Waals surface area (Å²) in [5.74, 6) is 4.46. The van der Waals surface area contributed by atoms with Gasteiger partial charge in [0.05, 0.1) is 0 Å². The number of aryl methyl sites for hydroxylation is 2. The third kappa shape index (κ3) is 4.62. The lowest BCUT2D eigenvalue weighted by molar-refractivity contribution is 0.516. The number of nitrogens with one attached hydrogen (secondary N) is 1. The number of halogens is 2. The quantitative estimate of drug-likeness (QED) is 0.655. The lowest BCUT2D eigenvalue weighted by Gasteiger charge is -2.17. The molecule has 0 heterocycles. The van der Waals surface area contributed by atoms with E-state index in [1.165, 1.54) is 23.3 Å². The normalized spacial score (nSPS) is 12.4. The lowest BCUT2D eigenvalue weighted by Crippen LogP contribution is -2.38. The topological polar surface area (TPSA) is 38.0 Å². The van der Waals surface area contributed by atoms with Crippen molar-refractivity contribution in [1.82, 2.24) is 5.43 Å². The van der Waals surface area contributed by atoms with Crippen molar-refractivity contribution in [2.75, 3.05) is 0 Å². The minimum absolute atomic E-state index is 0.0765. The Morgan fingerprint density at radius 1 is 0.857 bits per heavy atom. The molecule has 112 valence electrons. The van der Waals surface area contributed by atoms with E-state index in [0.717, 1.165) is 11.6 Å². The van der Waals surface area contributed by atoms with Crippen LogP contribution in [0.1, 0.15) is 22.3 Å². The average molecular weight is 290 g/mol. The van der Waals surface area contributed by atoms with E-state index in [0.29, 0.717) is 18.4 Å². The van der Waals surface area contributed by atoms with Crippen molar-refractivity contribution in [2.45, 2.75) is 32.7 Å². The molecule has 0 aliphatic carbocycles. The highest BCUT2D eigenvalue weighted by Crippen LogP contribution is 2.15. The molecule has 1 atom stereocenters. The van der Waals surface area contributed by atoms with Gasteiger partial charge in [0, 0.05) is 12.1 Å². The van der Waals surface area contributed by atoms with Crippen LogP contribution >= 0.6 is 0 Å². The van der Waals surface area contributed by atoms with Crippen LogP contribution in [0.4, 0.5) is 8.78 Å². The molecule has 0 aromatic heterocycles. The second kappa shape index (κ2) is 6.78. The Kier molecular flexibility index (Phi) is 5.04. The smallest absolute Gasteiger partial charge is 0.126 e. The molecular formula is C17H20F2N2. The summed E-state index contributed by atoms with van der Waals surface area (Å²) in [7, 11) is 0. The number of rotatable bonds is 5. The number of hydrazine groups is 1. The number of hydrogen-bond donors (Lipinski definition) is 2. The van der Waals surface area contributed by atoms with Crippen LogP contribution in [0.15, 0.2) is 36.4 Å². The molecule has 0 bridgehead atoms. The summed E-state index contributed by atoms with van der Waals surface area (Å²) in [6, 6.07) is 9.79. The maximum atomic E-state index is 13.2. The van der Waals surface area contributed by atoms with Crippen molar-refractivity contribution < 1.29 is 8.78 Å². The standard InChI is InChI=1S/C17H20F2N2/c1-11-3-12(2)5-13(4-11)8-17(21-20)9-14-6-15(18)10-16(19)7-14/h3-7,10,17,21H,8-9,20H2,1-2H3. The molecule has 21 heavy (non-hydrogen) atoms. The molecule has 0 saturated heterocycles. The predicted molar refractivity (Wildman–Crippen MR) is 80.8 cm³/mol. The number of benzene rings is 2. The Labute approximate surface area is 124 Å². The van der Waals surface area contributed by atoms with Crippen molar-refractivity contribution in [1.29, 1.82) is 0 Å². The molecule has 2 nitrogen and oxygen atoms in total.